The smallest absolute Gasteiger partial charge is 0.241 e. The number of nitrogens with zero attached hydrogens (tertiary/aromatic N) is 2. The molecular weight excluding hydrogens is 232 g/mol. The van der Waals surface area contributed by atoms with Crippen LogP contribution in [0.4, 0.5) is 5.95 Å². The number of carbonyl (C=O) groups is 1. The number of hydrazine groups is 1. The molecule has 1 aliphatic rings. The van der Waals surface area contributed by atoms with Gasteiger partial charge in [0.1, 0.15) is 0 Å². The molecule has 1 aliphatic carbocycles. The number of rotatable bonds is 4. The normalized spacial score (nSPS) is 18.1. The predicted octanol–water partition coefficient (Wildman–Crippen LogP) is 1.00. The molecule has 1 aromatic heterocycles. The highest BCUT2D eigenvalue weighted by Crippen LogP contribution is 2.30. The lowest BCUT2D eigenvalue weighted by molar-refractivity contribution is -0.126. The summed E-state index contributed by atoms with van der Waals surface area (Å²) in [6, 6.07) is 1.69. The molecule has 0 aromatic carbocycles. The molecule has 0 aliphatic heterocycles. The first-order chi connectivity index (χ1) is 8.68. The molecule has 6 heteroatoms. The van der Waals surface area contributed by atoms with Crippen LogP contribution in [0.25, 0.3) is 0 Å². The number of hydrogen-bond acceptors (Lipinski definition) is 5. The van der Waals surface area contributed by atoms with E-state index in [-0.39, 0.29) is 12.3 Å². The third-order valence-corrected chi connectivity index (χ3v) is 3.15. The standard InChI is InChI=1S/C12H18N4O2/c17-10(9-12(18)5-2-1-3-6-12)15-16-11-13-7-4-8-14-11/h4,7-8,18H,1-3,5-6,9H2,(H,15,17)(H,13,14,16). The van der Waals surface area contributed by atoms with Gasteiger partial charge in [-0.15, -0.1) is 0 Å². The maximum atomic E-state index is 11.7. The second-order valence-corrected chi connectivity index (χ2v) is 4.71. The van der Waals surface area contributed by atoms with E-state index in [0.717, 1.165) is 19.3 Å². The highest BCUT2D eigenvalue weighted by Gasteiger charge is 2.31. The molecule has 1 aromatic rings. The Morgan fingerprint density at radius 1 is 1.28 bits per heavy atom. The van der Waals surface area contributed by atoms with Gasteiger partial charge in [0.05, 0.1) is 12.0 Å². The minimum Gasteiger partial charge on any atom is -0.389 e. The Kier molecular flexibility index (Phi) is 4.09. The summed E-state index contributed by atoms with van der Waals surface area (Å²) >= 11 is 0. The average molecular weight is 250 g/mol. The van der Waals surface area contributed by atoms with Crippen molar-refractivity contribution < 1.29 is 9.90 Å². The van der Waals surface area contributed by atoms with Gasteiger partial charge in [0.25, 0.3) is 0 Å². The van der Waals surface area contributed by atoms with E-state index >= 15 is 0 Å². The van der Waals surface area contributed by atoms with Crippen molar-refractivity contribution in [3.05, 3.63) is 18.5 Å². The third-order valence-electron chi connectivity index (χ3n) is 3.15. The first-order valence-corrected chi connectivity index (χ1v) is 6.22. The topological polar surface area (TPSA) is 87.1 Å². The molecule has 2 rings (SSSR count). The van der Waals surface area contributed by atoms with Crippen LogP contribution in [0.1, 0.15) is 38.5 Å². The largest absolute Gasteiger partial charge is 0.389 e. The van der Waals surface area contributed by atoms with Crippen molar-refractivity contribution in [1.29, 1.82) is 0 Å². The summed E-state index contributed by atoms with van der Waals surface area (Å²) in [6.45, 7) is 0. The van der Waals surface area contributed by atoms with Crippen molar-refractivity contribution >= 4 is 11.9 Å². The Bertz CT molecular complexity index is 390. The zero-order chi connectivity index (χ0) is 12.8. The highest BCUT2D eigenvalue weighted by molar-refractivity contribution is 5.78. The Morgan fingerprint density at radius 2 is 1.94 bits per heavy atom. The van der Waals surface area contributed by atoms with E-state index in [1.54, 1.807) is 18.5 Å². The Labute approximate surface area is 106 Å². The number of nitrogens with one attached hydrogen (secondary N) is 2. The third kappa shape index (κ3) is 3.66. The molecule has 1 heterocycles. The van der Waals surface area contributed by atoms with Gasteiger partial charge >= 0.3 is 0 Å². The van der Waals surface area contributed by atoms with E-state index < -0.39 is 5.60 Å². The molecule has 1 saturated carbocycles. The second kappa shape index (κ2) is 5.77. The van der Waals surface area contributed by atoms with Crippen LogP contribution in [0.3, 0.4) is 0 Å². The molecule has 0 bridgehead atoms. The lowest BCUT2D eigenvalue weighted by Crippen LogP contribution is -2.40. The monoisotopic (exact) mass is 250 g/mol. The van der Waals surface area contributed by atoms with Gasteiger partial charge in [0.15, 0.2) is 0 Å². The number of amides is 1. The summed E-state index contributed by atoms with van der Waals surface area (Å²) in [7, 11) is 0. The van der Waals surface area contributed by atoms with Gasteiger partial charge < -0.3 is 5.11 Å². The van der Waals surface area contributed by atoms with Crippen LogP contribution in [0.5, 0.6) is 0 Å². The lowest BCUT2D eigenvalue weighted by Gasteiger charge is -2.31. The van der Waals surface area contributed by atoms with Crippen molar-refractivity contribution in [2.45, 2.75) is 44.1 Å². The fourth-order valence-corrected chi connectivity index (χ4v) is 2.22. The van der Waals surface area contributed by atoms with Crippen LogP contribution in [-0.4, -0.2) is 26.6 Å². The summed E-state index contributed by atoms with van der Waals surface area (Å²) in [6.07, 6.45) is 7.78. The summed E-state index contributed by atoms with van der Waals surface area (Å²) in [5.41, 5.74) is 4.27. The van der Waals surface area contributed by atoms with E-state index in [1.165, 1.54) is 0 Å². The lowest BCUT2D eigenvalue weighted by atomic mass is 9.82. The molecular formula is C12H18N4O2. The van der Waals surface area contributed by atoms with Gasteiger partial charge in [-0.2, -0.15) is 0 Å². The molecule has 6 nitrogen and oxygen atoms in total. The first kappa shape index (κ1) is 12.8. The van der Waals surface area contributed by atoms with Gasteiger partial charge in [-0.05, 0) is 18.9 Å². The van der Waals surface area contributed by atoms with Crippen LogP contribution >= 0.6 is 0 Å². The highest BCUT2D eigenvalue weighted by atomic mass is 16.3. The Morgan fingerprint density at radius 3 is 2.61 bits per heavy atom. The van der Waals surface area contributed by atoms with E-state index in [1.807, 2.05) is 0 Å². The van der Waals surface area contributed by atoms with Crippen LogP contribution in [-0.2, 0) is 4.79 Å². The van der Waals surface area contributed by atoms with Gasteiger partial charge in [-0.25, -0.2) is 9.97 Å². The van der Waals surface area contributed by atoms with E-state index in [9.17, 15) is 9.90 Å². The maximum absolute atomic E-state index is 11.7. The number of aromatic nitrogens is 2. The summed E-state index contributed by atoms with van der Waals surface area (Å²) in [5.74, 6) is 0.0911. The molecule has 0 spiro atoms. The van der Waals surface area contributed by atoms with E-state index in [2.05, 4.69) is 20.8 Å². The van der Waals surface area contributed by atoms with Crippen molar-refractivity contribution in [1.82, 2.24) is 15.4 Å². The number of carbonyl (C=O) groups excluding carboxylic acids is 1. The molecule has 0 saturated heterocycles. The van der Waals surface area contributed by atoms with Crippen molar-refractivity contribution in [2.24, 2.45) is 0 Å². The SMILES string of the molecule is O=C(CC1(O)CCCCC1)NNc1ncccn1. The van der Waals surface area contributed by atoms with Crippen molar-refractivity contribution in [3.63, 3.8) is 0 Å². The molecule has 0 unspecified atom stereocenters. The van der Waals surface area contributed by atoms with Gasteiger partial charge in [0.2, 0.25) is 11.9 Å². The average Bonchev–Trinajstić information content (AvgIpc) is 2.38. The summed E-state index contributed by atoms with van der Waals surface area (Å²) in [5, 5.41) is 10.2. The van der Waals surface area contributed by atoms with Gasteiger partial charge in [0, 0.05) is 12.4 Å². The molecule has 1 amide bonds. The van der Waals surface area contributed by atoms with Crippen molar-refractivity contribution in [2.75, 3.05) is 5.43 Å². The molecule has 18 heavy (non-hydrogen) atoms. The fraction of sp³-hybridized carbons (Fsp3) is 0.583. The molecule has 0 atom stereocenters. The first-order valence-electron chi connectivity index (χ1n) is 6.22. The van der Waals surface area contributed by atoms with Crippen molar-refractivity contribution in [3.8, 4) is 0 Å². The minimum absolute atomic E-state index is 0.118. The quantitative estimate of drug-likeness (QED) is 0.694. The number of hydrogen-bond donors (Lipinski definition) is 3. The Hall–Kier alpha value is -1.69. The van der Waals surface area contributed by atoms with Gasteiger partial charge in [-0.1, -0.05) is 19.3 Å². The minimum atomic E-state index is -0.846. The fourth-order valence-electron chi connectivity index (χ4n) is 2.22. The number of aliphatic hydroxyl groups is 1. The van der Waals surface area contributed by atoms with E-state index in [0.29, 0.717) is 18.8 Å². The van der Waals surface area contributed by atoms with Crippen LogP contribution in [0.15, 0.2) is 18.5 Å². The molecule has 1 fully saturated rings. The van der Waals surface area contributed by atoms with Crippen LogP contribution < -0.4 is 10.9 Å². The zero-order valence-corrected chi connectivity index (χ0v) is 10.2. The predicted molar refractivity (Wildman–Crippen MR) is 66.4 cm³/mol. The Balaban J connectivity index is 1.78. The maximum Gasteiger partial charge on any atom is 0.241 e. The summed E-state index contributed by atoms with van der Waals surface area (Å²) in [4.78, 5) is 19.5. The molecule has 0 radical (unpaired) electrons. The molecule has 98 valence electrons. The van der Waals surface area contributed by atoms with E-state index in [4.69, 9.17) is 0 Å². The van der Waals surface area contributed by atoms with Gasteiger partial charge in [-0.3, -0.25) is 15.6 Å². The second-order valence-electron chi connectivity index (χ2n) is 4.71. The van der Waals surface area contributed by atoms with Crippen LogP contribution in [0, 0.1) is 0 Å². The zero-order valence-electron chi connectivity index (χ0n) is 10.2. The molecule has 3 N–H and O–H groups in total. The van der Waals surface area contributed by atoms with Crippen LogP contribution in [0.2, 0.25) is 0 Å². The summed E-state index contributed by atoms with van der Waals surface area (Å²) < 4.78 is 0. The number of anilines is 1.